The number of nitrogens with zero attached hydrogens (tertiary/aromatic N) is 3. The van der Waals surface area contributed by atoms with E-state index in [1.54, 1.807) is 6.92 Å². The summed E-state index contributed by atoms with van der Waals surface area (Å²) < 4.78 is 1.20. The van der Waals surface area contributed by atoms with Crippen LogP contribution in [0.3, 0.4) is 0 Å². The monoisotopic (exact) mass is 330 g/mol. The summed E-state index contributed by atoms with van der Waals surface area (Å²) in [5.74, 6) is -1.44. The Morgan fingerprint density at radius 1 is 1.21 bits per heavy atom. The Morgan fingerprint density at radius 3 is 2.38 bits per heavy atom. The molecule has 2 N–H and O–H groups in total. The van der Waals surface area contributed by atoms with Gasteiger partial charge in [0.15, 0.2) is 0 Å². The van der Waals surface area contributed by atoms with Crippen LogP contribution in [0.4, 0.5) is 11.4 Å². The van der Waals surface area contributed by atoms with Gasteiger partial charge in [0.25, 0.3) is 0 Å². The van der Waals surface area contributed by atoms with Crippen LogP contribution in [-0.2, 0) is 4.79 Å². The molecule has 0 spiro atoms. The molecule has 0 saturated heterocycles. The van der Waals surface area contributed by atoms with Gasteiger partial charge < -0.3 is 15.3 Å². The van der Waals surface area contributed by atoms with Crippen molar-refractivity contribution >= 4 is 23.3 Å². The molecule has 1 amide bonds. The molecule has 0 bridgehead atoms. The van der Waals surface area contributed by atoms with Gasteiger partial charge >= 0.3 is 5.97 Å². The van der Waals surface area contributed by atoms with E-state index in [1.165, 1.54) is 16.9 Å². The number of carboxylic acid groups (broad SMARTS) is 1. The van der Waals surface area contributed by atoms with Gasteiger partial charge in [-0.1, -0.05) is 0 Å². The number of anilines is 2. The minimum absolute atomic E-state index is 0.0190. The molecule has 1 aromatic carbocycles. The topological polar surface area (TPSA) is 87.5 Å². The van der Waals surface area contributed by atoms with E-state index in [2.05, 4.69) is 29.2 Å². The lowest BCUT2D eigenvalue weighted by molar-refractivity contribution is -0.119. The zero-order valence-electron chi connectivity index (χ0n) is 14.1. The maximum atomic E-state index is 12.3. The van der Waals surface area contributed by atoms with Gasteiger partial charge in [0.05, 0.1) is 0 Å². The predicted octanol–water partition coefficient (Wildman–Crippen LogP) is 2.63. The Kier molecular flexibility index (Phi) is 5.57. The van der Waals surface area contributed by atoms with Crippen molar-refractivity contribution in [1.82, 2.24) is 9.78 Å². The first-order chi connectivity index (χ1) is 11.5. The van der Waals surface area contributed by atoms with Gasteiger partial charge in [-0.3, -0.25) is 4.79 Å². The molecule has 1 heterocycles. The lowest BCUT2D eigenvalue weighted by Gasteiger charge is -2.21. The first kappa shape index (κ1) is 17.5. The van der Waals surface area contributed by atoms with Crippen molar-refractivity contribution in [3.8, 4) is 0 Å². The highest BCUT2D eigenvalue weighted by atomic mass is 16.4. The lowest BCUT2D eigenvalue weighted by atomic mass is 10.2. The van der Waals surface area contributed by atoms with Crippen LogP contribution in [0, 0.1) is 0 Å². The highest BCUT2D eigenvalue weighted by Crippen LogP contribution is 2.19. The molecule has 0 radical (unpaired) electrons. The highest BCUT2D eigenvalue weighted by molar-refractivity contribution is 5.94. The van der Waals surface area contributed by atoms with E-state index < -0.39 is 12.0 Å². The summed E-state index contributed by atoms with van der Waals surface area (Å²) in [6.07, 6.45) is 1.37. The van der Waals surface area contributed by atoms with Gasteiger partial charge in [0, 0.05) is 30.7 Å². The van der Waals surface area contributed by atoms with Gasteiger partial charge in [-0.2, -0.15) is 5.10 Å². The van der Waals surface area contributed by atoms with Crippen molar-refractivity contribution in [2.24, 2.45) is 0 Å². The Bertz CT molecular complexity index is 705. The number of nitrogens with one attached hydrogen (secondary N) is 1. The molecule has 1 aromatic heterocycles. The molecule has 24 heavy (non-hydrogen) atoms. The number of hydrogen-bond acceptors (Lipinski definition) is 4. The summed E-state index contributed by atoms with van der Waals surface area (Å²) >= 11 is 0. The molecule has 0 aliphatic heterocycles. The maximum absolute atomic E-state index is 12.3. The quantitative estimate of drug-likeness (QED) is 0.815. The van der Waals surface area contributed by atoms with Crippen molar-refractivity contribution in [2.75, 3.05) is 23.3 Å². The second kappa shape index (κ2) is 7.63. The van der Waals surface area contributed by atoms with E-state index in [4.69, 9.17) is 5.11 Å². The van der Waals surface area contributed by atoms with Gasteiger partial charge in [0.2, 0.25) is 5.91 Å². The summed E-state index contributed by atoms with van der Waals surface area (Å²) in [6, 6.07) is 8.20. The number of aromatic carboxylic acids is 1. The van der Waals surface area contributed by atoms with Crippen LogP contribution >= 0.6 is 0 Å². The number of carbonyl (C=O) groups is 2. The van der Waals surface area contributed by atoms with Crippen LogP contribution in [-0.4, -0.2) is 39.9 Å². The standard InChI is InChI=1S/C17H22N4O3/c1-4-20(5-2)14-8-6-13(7-9-14)19-16(22)12(3)21-15(17(23)24)10-11-18-21/h6-12H,4-5H2,1-3H3,(H,19,22)(H,23,24). The van der Waals surface area contributed by atoms with E-state index in [0.29, 0.717) is 5.69 Å². The summed E-state index contributed by atoms with van der Waals surface area (Å²) in [5.41, 5.74) is 1.73. The number of carboxylic acids is 1. The molecule has 2 aromatic rings. The Balaban J connectivity index is 2.09. The molecular formula is C17H22N4O3. The van der Waals surface area contributed by atoms with Gasteiger partial charge in [0.1, 0.15) is 11.7 Å². The van der Waals surface area contributed by atoms with E-state index in [-0.39, 0.29) is 11.6 Å². The van der Waals surface area contributed by atoms with Crippen LogP contribution in [0.25, 0.3) is 0 Å². The van der Waals surface area contributed by atoms with E-state index in [0.717, 1.165) is 18.8 Å². The number of hydrogen-bond donors (Lipinski definition) is 2. The smallest absolute Gasteiger partial charge is 0.354 e. The molecule has 2 rings (SSSR count). The first-order valence-electron chi connectivity index (χ1n) is 7.90. The zero-order chi connectivity index (χ0) is 17.7. The molecule has 128 valence electrons. The Morgan fingerprint density at radius 2 is 1.83 bits per heavy atom. The van der Waals surface area contributed by atoms with E-state index >= 15 is 0 Å². The Labute approximate surface area is 140 Å². The second-order valence-corrected chi connectivity index (χ2v) is 5.35. The molecule has 1 unspecified atom stereocenters. The minimum atomic E-state index is -1.12. The molecule has 0 saturated carbocycles. The fraction of sp³-hybridized carbons (Fsp3) is 0.353. The molecule has 1 atom stereocenters. The zero-order valence-corrected chi connectivity index (χ0v) is 14.1. The van der Waals surface area contributed by atoms with Crippen molar-refractivity contribution in [3.05, 3.63) is 42.2 Å². The fourth-order valence-corrected chi connectivity index (χ4v) is 2.49. The van der Waals surface area contributed by atoms with Gasteiger partial charge in [-0.05, 0) is 51.1 Å². The summed E-state index contributed by atoms with van der Waals surface area (Å²) in [5, 5.41) is 15.8. The van der Waals surface area contributed by atoms with Crippen LogP contribution < -0.4 is 10.2 Å². The SMILES string of the molecule is CCN(CC)c1ccc(NC(=O)C(C)n2nccc2C(=O)O)cc1. The van der Waals surface area contributed by atoms with E-state index in [1.807, 2.05) is 24.3 Å². The highest BCUT2D eigenvalue weighted by Gasteiger charge is 2.21. The number of aromatic nitrogens is 2. The van der Waals surface area contributed by atoms with Gasteiger partial charge in [-0.15, -0.1) is 0 Å². The van der Waals surface area contributed by atoms with Crippen LogP contribution in [0.15, 0.2) is 36.5 Å². The third kappa shape index (κ3) is 3.73. The second-order valence-electron chi connectivity index (χ2n) is 5.35. The first-order valence-corrected chi connectivity index (χ1v) is 7.90. The van der Waals surface area contributed by atoms with Gasteiger partial charge in [-0.25, -0.2) is 9.48 Å². The van der Waals surface area contributed by atoms with Crippen LogP contribution in [0.5, 0.6) is 0 Å². The fourth-order valence-electron chi connectivity index (χ4n) is 2.49. The minimum Gasteiger partial charge on any atom is -0.477 e. The van der Waals surface area contributed by atoms with E-state index in [9.17, 15) is 9.59 Å². The number of rotatable bonds is 7. The summed E-state index contributed by atoms with van der Waals surface area (Å²) in [4.78, 5) is 25.7. The van der Waals surface area contributed by atoms with Crippen LogP contribution in [0.1, 0.15) is 37.3 Å². The van der Waals surface area contributed by atoms with Crippen molar-refractivity contribution in [2.45, 2.75) is 26.8 Å². The molecule has 0 aliphatic rings. The predicted molar refractivity (Wildman–Crippen MR) is 92.5 cm³/mol. The molecule has 0 fully saturated rings. The van der Waals surface area contributed by atoms with Crippen molar-refractivity contribution in [3.63, 3.8) is 0 Å². The molecule has 7 heteroatoms. The number of amides is 1. The molecule has 0 aliphatic carbocycles. The number of benzene rings is 1. The van der Waals surface area contributed by atoms with Crippen LogP contribution in [0.2, 0.25) is 0 Å². The maximum Gasteiger partial charge on any atom is 0.354 e. The lowest BCUT2D eigenvalue weighted by Crippen LogP contribution is -2.27. The van der Waals surface area contributed by atoms with Crippen molar-refractivity contribution in [1.29, 1.82) is 0 Å². The summed E-state index contributed by atoms with van der Waals surface area (Å²) in [7, 11) is 0. The molecule has 7 nitrogen and oxygen atoms in total. The third-order valence-electron chi connectivity index (χ3n) is 3.90. The third-order valence-corrected chi connectivity index (χ3v) is 3.90. The number of carbonyl (C=O) groups excluding carboxylic acids is 1. The average Bonchev–Trinajstić information content (AvgIpc) is 3.06. The molecular weight excluding hydrogens is 308 g/mol. The normalized spacial score (nSPS) is 11.8. The van der Waals surface area contributed by atoms with Crippen molar-refractivity contribution < 1.29 is 14.7 Å². The average molecular weight is 330 g/mol. The summed E-state index contributed by atoms with van der Waals surface area (Å²) in [6.45, 7) is 7.61. The largest absolute Gasteiger partial charge is 0.477 e. The Hall–Kier alpha value is -2.83.